The highest BCUT2D eigenvalue weighted by molar-refractivity contribution is 9.10. The third-order valence-corrected chi connectivity index (χ3v) is 3.43. The van der Waals surface area contributed by atoms with Crippen LogP contribution < -0.4 is 10.1 Å². The third-order valence-electron chi connectivity index (χ3n) is 2.59. The fourth-order valence-electron chi connectivity index (χ4n) is 1.59. The van der Waals surface area contributed by atoms with E-state index < -0.39 is 0 Å². The molecule has 0 heterocycles. The SMILES string of the molecule is O=C(NCCOc1ccccc1Cl)c1ccc(Br)cc1. The minimum Gasteiger partial charge on any atom is -0.490 e. The van der Waals surface area contributed by atoms with Crippen LogP contribution in [-0.2, 0) is 0 Å². The highest BCUT2D eigenvalue weighted by atomic mass is 79.9. The van der Waals surface area contributed by atoms with Gasteiger partial charge in [0.2, 0.25) is 0 Å². The molecule has 1 amide bonds. The first-order valence-corrected chi connectivity index (χ1v) is 7.25. The predicted molar refractivity (Wildman–Crippen MR) is 83.4 cm³/mol. The molecule has 0 aromatic heterocycles. The van der Waals surface area contributed by atoms with Crippen LogP contribution in [0.5, 0.6) is 5.75 Å². The molecule has 0 saturated heterocycles. The highest BCUT2D eigenvalue weighted by Gasteiger charge is 2.04. The number of para-hydroxylation sites is 1. The molecule has 0 unspecified atom stereocenters. The smallest absolute Gasteiger partial charge is 0.251 e. The van der Waals surface area contributed by atoms with E-state index in [0.717, 1.165) is 4.47 Å². The summed E-state index contributed by atoms with van der Waals surface area (Å²) in [5.41, 5.74) is 0.617. The fraction of sp³-hybridized carbons (Fsp3) is 0.133. The number of rotatable bonds is 5. The molecule has 3 nitrogen and oxygen atoms in total. The number of hydrogen-bond donors (Lipinski definition) is 1. The van der Waals surface area contributed by atoms with Crippen molar-refractivity contribution in [2.75, 3.05) is 13.2 Å². The molecule has 104 valence electrons. The van der Waals surface area contributed by atoms with Crippen LogP contribution in [0.15, 0.2) is 53.0 Å². The zero-order valence-corrected chi connectivity index (χ0v) is 12.9. The Kier molecular flexibility index (Phi) is 5.44. The van der Waals surface area contributed by atoms with Crippen LogP contribution in [0.2, 0.25) is 5.02 Å². The molecule has 0 fully saturated rings. The summed E-state index contributed by atoms with van der Waals surface area (Å²) >= 11 is 9.29. The van der Waals surface area contributed by atoms with Crippen molar-refractivity contribution in [1.82, 2.24) is 5.32 Å². The summed E-state index contributed by atoms with van der Waals surface area (Å²) in [7, 11) is 0. The van der Waals surface area contributed by atoms with E-state index in [1.54, 1.807) is 24.3 Å². The van der Waals surface area contributed by atoms with Crippen LogP contribution in [0.4, 0.5) is 0 Å². The summed E-state index contributed by atoms with van der Waals surface area (Å²) in [6.45, 7) is 0.784. The van der Waals surface area contributed by atoms with Crippen LogP contribution in [0.25, 0.3) is 0 Å². The number of carbonyl (C=O) groups excluding carboxylic acids is 1. The molecule has 5 heteroatoms. The van der Waals surface area contributed by atoms with Gasteiger partial charge >= 0.3 is 0 Å². The molecule has 20 heavy (non-hydrogen) atoms. The minimum absolute atomic E-state index is 0.125. The van der Waals surface area contributed by atoms with Gasteiger partial charge in [0.25, 0.3) is 5.91 Å². The van der Waals surface area contributed by atoms with Gasteiger partial charge in [-0.1, -0.05) is 39.7 Å². The second-order valence-electron chi connectivity index (χ2n) is 4.04. The van der Waals surface area contributed by atoms with Crippen LogP contribution in [0.1, 0.15) is 10.4 Å². The maximum atomic E-state index is 11.8. The third kappa shape index (κ3) is 4.25. The van der Waals surface area contributed by atoms with E-state index in [2.05, 4.69) is 21.2 Å². The zero-order valence-electron chi connectivity index (χ0n) is 10.6. The topological polar surface area (TPSA) is 38.3 Å². The van der Waals surface area contributed by atoms with Gasteiger partial charge in [0.15, 0.2) is 0 Å². The van der Waals surface area contributed by atoms with E-state index in [1.165, 1.54) is 0 Å². The molecule has 0 aliphatic rings. The van der Waals surface area contributed by atoms with Crippen molar-refractivity contribution in [3.8, 4) is 5.75 Å². The lowest BCUT2D eigenvalue weighted by atomic mass is 10.2. The molecule has 1 N–H and O–H groups in total. The molecule has 0 saturated carbocycles. The summed E-state index contributed by atoms with van der Waals surface area (Å²) in [5.74, 6) is 0.493. The van der Waals surface area contributed by atoms with Crippen LogP contribution in [0, 0.1) is 0 Å². The Morgan fingerprint density at radius 2 is 1.85 bits per heavy atom. The van der Waals surface area contributed by atoms with Gasteiger partial charge in [-0.3, -0.25) is 4.79 Å². The quantitative estimate of drug-likeness (QED) is 0.827. The highest BCUT2D eigenvalue weighted by Crippen LogP contribution is 2.22. The Morgan fingerprint density at radius 3 is 2.55 bits per heavy atom. The van der Waals surface area contributed by atoms with Crippen molar-refractivity contribution < 1.29 is 9.53 Å². The monoisotopic (exact) mass is 353 g/mol. The van der Waals surface area contributed by atoms with Crippen LogP contribution in [0.3, 0.4) is 0 Å². The number of amides is 1. The van der Waals surface area contributed by atoms with Gasteiger partial charge in [-0.15, -0.1) is 0 Å². The number of ether oxygens (including phenoxy) is 1. The largest absolute Gasteiger partial charge is 0.490 e. The van der Waals surface area contributed by atoms with E-state index in [-0.39, 0.29) is 5.91 Å². The first-order valence-electron chi connectivity index (χ1n) is 6.08. The van der Waals surface area contributed by atoms with E-state index in [0.29, 0.717) is 29.5 Å². The summed E-state index contributed by atoms with van der Waals surface area (Å²) in [5, 5.41) is 3.35. The van der Waals surface area contributed by atoms with Gasteiger partial charge in [-0.25, -0.2) is 0 Å². The van der Waals surface area contributed by atoms with Gasteiger partial charge < -0.3 is 10.1 Å². The molecule has 2 aromatic rings. The zero-order chi connectivity index (χ0) is 14.4. The predicted octanol–water partition coefficient (Wildman–Crippen LogP) is 3.91. The van der Waals surface area contributed by atoms with Gasteiger partial charge in [0.1, 0.15) is 12.4 Å². The van der Waals surface area contributed by atoms with E-state index in [9.17, 15) is 4.79 Å². The Morgan fingerprint density at radius 1 is 1.15 bits per heavy atom. The van der Waals surface area contributed by atoms with E-state index in [1.807, 2.05) is 24.3 Å². The Hall–Kier alpha value is -1.52. The van der Waals surface area contributed by atoms with Crippen LogP contribution in [-0.4, -0.2) is 19.1 Å². The molecule has 0 aliphatic carbocycles. The van der Waals surface area contributed by atoms with Crippen molar-refractivity contribution in [1.29, 1.82) is 0 Å². The molecule has 0 radical (unpaired) electrons. The molecule has 0 atom stereocenters. The van der Waals surface area contributed by atoms with Crippen molar-refractivity contribution in [2.45, 2.75) is 0 Å². The maximum Gasteiger partial charge on any atom is 0.251 e. The minimum atomic E-state index is -0.125. The van der Waals surface area contributed by atoms with Crippen molar-refractivity contribution in [3.05, 3.63) is 63.6 Å². The van der Waals surface area contributed by atoms with Crippen molar-refractivity contribution in [2.24, 2.45) is 0 Å². The summed E-state index contributed by atoms with van der Waals surface area (Å²) < 4.78 is 6.43. The molecule has 0 spiro atoms. The molecule has 0 aliphatic heterocycles. The average Bonchev–Trinajstić information content (AvgIpc) is 2.46. The van der Waals surface area contributed by atoms with Gasteiger partial charge in [0, 0.05) is 10.0 Å². The normalized spacial score (nSPS) is 10.1. The number of carbonyl (C=O) groups is 1. The summed E-state index contributed by atoms with van der Waals surface area (Å²) in [6, 6.07) is 14.4. The Balaban J connectivity index is 1.77. The molecular formula is C15H13BrClNO2. The number of nitrogens with one attached hydrogen (secondary N) is 1. The van der Waals surface area contributed by atoms with Crippen molar-refractivity contribution >= 4 is 33.4 Å². The standard InChI is InChI=1S/C15H13BrClNO2/c16-12-7-5-11(6-8-12)15(19)18-9-10-20-14-4-2-1-3-13(14)17/h1-8H,9-10H2,(H,18,19). The molecule has 2 rings (SSSR count). The van der Waals surface area contributed by atoms with Gasteiger partial charge in [0.05, 0.1) is 11.6 Å². The maximum absolute atomic E-state index is 11.8. The molecule has 0 bridgehead atoms. The number of benzene rings is 2. The molecule has 2 aromatic carbocycles. The number of hydrogen-bond acceptors (Lipinski definition) is 2. The first-order chi connectivity index (χ1) is 9.66. The number of halogens is 2. The lowest BCUT2D eigenvalue weighted by molar-refractivity contribution is 0.0947. The van der Waals surface area contributed by atoms with Gasteiger partial charge in [-0.05, 0) is 36.4 Å². The summed E-state index contributed by atoms with van der Waals surface area (Å²) in [6.07, 6.45) is 0. The van der Waals surface area contributed by atoms with Crippen LogP contribution >= 0.6 is 27.5 Å². The Bertz CT molecular complexity index is 587. The summed E-state index contributed by atoms with van der Waals surface area (Å²) in [4.78, 5) is 11.8. The van der Waals surface area contributed by atoms with Crippen molar-refractivity contribution in [3.63, 3.8) is 0 Å². The first kappa shape index (κ1) is 14.9. The lowest BCUT2D eigenvalue weighted by Gasteiger charge is -2.09. The lowest BCUT2D eigenvalue weighted by Crippen LogP contribution is -2.28. The van der Waals surface area contributed by atoms with Gasteiger partial charge in [-0.2, -0.15) is 0 Å². The van der Waals surface area contributed by atoms with E-state index in [4.69, 9.17) is 16.3 Å². The average molecular weight is 355 g/mol. The second-order valence-corrected chi connectivity index (χ2v) is 5.36. The second kappa shape index (κ2) is 7.31. The molecular weight excluding hydrogens is 342 g/mol. The Labute approximate surface area is 131 Å². The van der Waals surface area contributed by atoms with E-state index >= 15 is 0 Å². The fourth-order valence-corrected chi connectivity index (χ4v) is 2.05.